The van der Waals surface area contributed by atoms with Gasteiger partial charge in [-0.15, -0.1) is 18.3 Å². The zero-order chi connectivity index (χ0) is 25.3. The maximum absolute atomic E-state index is 13.0. The highest BCUT2D eigenvalue weighted by atomic mass is 32.2. The van der Waals surface area contributed by atoms with Crippen molar-refractivity contribution in [2.45, 2.75) is 85.9 Å². The van der Waals surface area contributed by atoms with Gasteiger partial charge >= 0.3 is 5.97 Å². The van der Waals surface area contributed by atoms with Crippen molar-refractivity contribution in [1.82, 2.24) is 4.90 Å². The number of aliphatic hydroxyl groups excluding tert-OH is 1. The lowest BCUT2D eigenvalue weighted by atomic mass is 9.42. The van der Waals surface area contributed by atoms with Crippen molar-refractivity contribution < 1.29 is 19.4 Å². The first kappa shape index (κ1) is 27.7. The maximum atomic E-state index is 13.0. The highest BCUT2D eigenvalue weighted by molar-refractivity contribution is 7.99. The number of ketones is 1. The van der Waals surface area contributed by atoms with Crippen LogP contribution in [0.2, 0.25) is 0 Å². The van der Waals surface area contributed by atoms with Gasteiger partial charge in [-0.2, -0.15) is 0 Å². The van der Waals surface area contributed by atoms with E-state index in [4.69, 9.17) is 4.74 Å². The molecular formula is C28H47NO4S. The maximum Gasteiger partial charge on any atom is 0.316 e. The number of hydrogen-bond acceptors (Lipinski definition) is 6. The summed E-state index contributed by atoms with van der Waals surface area (Å²) in [5.41, 5.74) is -0.963. The van der Waals surface area contributed by atoms with Crippen molar-refractivity contribution in [2.24, 2.45) is 34.0 Å². The number of rotatable bonds is 9. The number of nitrogens with zero attached hydrogens (tertiary/aromatic N) is 1. The van der Waals surface area contributed by atoms with E-state index in [9.17, 15) is 14.7 Å². The molecule has 0 heterocycles. The van der Waals surface area contributed by atoms with Gasteiger partial charge in [0, 0.05) is 35.5 Å². The van der Waals surface area contributed by atoms with Crippen LogP contribution in [0.4, 0.5) is 0 Å². The number of thioether (sulfide) groups is 1. The molecule has 3 fully saturated rings. The first-order chi connectivity index (χ1) is 16.0. The van der Waals surface area contributed by atoms with Crippen LogP contribution in [0.5, 0.6) is 0 Å². The molecule has 1 N–H and O–H groups in total. The monoisotopic (exact) mass is 493 g/mol. The van der Waals surface area contributed by atoms with E-state index in [2.05, 4.69) is 53.0 Å². The van der Waals surface area contributed by atoms with Gasteiger partial charge in [-0.3, -0.25) is 9.59 Å². The van der Waals surface area contributed by atoms with Crippen molar-refractivity contribution in [3.05, 3.63) is 12.7 Å². The van der Waals surface area contributed by atoms with Gasteiger partial charge < -0.3 is 14.7 Å². The lowest BCUT2D eigenvalue weighted by molar-refractivity contribution is -0.203. The van der Waals surface area contributed by atoms with Gasteiger partial charge in [-0.05, 0) is 56.0 Å². The van der Waals surface area contributed by atoms with Gasteiger partial charge in [0.05, 0.1) is 11.9 Å². The summed E-state index contributed by atoms with van der Waals surface area (Å²) in [5, 5.41) is 11.6. The van der Waals surface area contributed by atoms with E-state index in [-0.39, 0.29) is 40.7 Å². The molecule has 0 aliphatic heterocycles. The minimum atomic E-state index is -0.582. The highest BCUT2D eigenvalue weighted by Gasteiger charge is 2.63. The van der Waals surface area contributed by atoms with Gasteiger partial charge in [-0.25, -0.2) is 0 Å². The molecule has 3 saturated carbocycles. The third kappa shape index (κ3) is 5.01. The molecule has 1 spiro atoms. The third-order valence-electron chi connectivity index (χ3n) is 10.2. The number of ether oxygens (including phenoxy) is 1. The number of esters is 1. The molecule has 0 aromatic rings. The zero-order valence-electron chi connectivity index (χ0n) is 22.3. The van der Waals surface area contributed by atoms with Crippen LogP contribution < -0.4 is 0 Å². The Morgan fingerprint density at radius 2 is 1.91 bits per heavy atom. The molecule has 34 heavy (non-hydrogen) atoms. The standard InChI is InChI=1S/C28H47NO4S/c1-8-26(6)16-23(33-24(31)17-34-14-13-29(9-2)10-3)27(7)18-28(20(5)25(26)32)12-11-22(30)21(15-28)19(27)4/h8,19-21,23,25,32H,1,9-18H2,2-7H3. The van der Waals surface area contributed by atoms with E-state index < -0.39 is 11.5 Å². The van der Waals surface area contributed by atoms with Gasteiger partial charge in [-0.1, -0.05) is 47.6 Å². The molecule has 8 atom stereocenters. The Hall–Kier alpha value is -0.850. The predicted molar refractivity (Wildman–Crippen MR) is 140 cm³/mol. The largest absolute Gasteiger partial charge is 0.461 e. The Bertz CT molecular complexity index is 770. The van der Waals surface area contributed by atoms with E-state index >= 15 is 0 Å². The number of fused-ring (bicyclic) bond motifs is 2. The van der Waals surface area contributed by atoms with Crippen molar-refractivity contribution in [2.75, 3.05) is 31.1 Å². The second kappa shape index (κ2) is 10.6. The van der Waals surface area contributed by atoms with Crippen molar-refractivity contribution in [1.29, 1.82) is 0 Å². The number of carbonyl (C=O) groups is 2. The van der Waals surface area contributed by atoms with Crippen LogP contribution >= 0.6 is 11.8 Å². The van der Waals surface area contributed by atoms with E-state index in [1.54, 1.807) is 11.8 Å². The molecule has 3 rings (SSSR count). The van der Waals surface area contributed by atoms with E-state index in [0.29, 0.717) is 24.4 Å². The van der Waals surface area contributed by atoms with E-state index in [1.807, 2.05) is 6.08 Å². The Kier molecular flexibility index (Phi) is 8.68. The number of carbonyl (C=O) groups excluding carboxylic acids is 2. The molecule has 3 aliphatic carbocycles. The molecule has 0 radical (unpaired) electrons. The van der Waals surface area contributed by atoms with Crippen LogP contribution in [0.1, 0.15) is 73.6 Å². The average Bonchev–Trinajstić information content (AvgIpc) is 2.82. The third-order valence-corrected chi connectivity index (χ3v) is 11.1. The zero-order valence-corrected chi connectivity index (χ0v) is 23.1. The Morgan fingerprint density at radius 1 is 1.24 bits per heavy atom. The first-order valence-electron chi connectivity index (χ1n) is 13.3. The number of aliphatic hydroxyl groups is 1. The molecule has 6 heteroatoms. The Balaban J connectivity index is 1.84. The van der Waals surface area contributed by atoms with Gasteiger partial charge in [0.25, 0.3) is 0 Å². The van der Waals surface area contributed by atoms with Crippen LogP contribution in [0.25, 0.3) is 0 Å². The van der Waals surface area contributed by atoms with Crippen LogP contribution in [-0.2, 0) is 14.3 Å². The lowest BCUT2D eigenvalue weighted by Gasteiger charge is -2.63. The smallest absolute Gasteiger partial charge is 0.316 e. The molecule has 5 nitrogen and oxygen atoms in total. The van der Waals surface area contributed by atoms with Crippen molar-refractivity contribution >= 4 is 23.5 Å². The second-order valence-corrected chi connectivity index (χ2v) is 12.9. The minimum Gasteiger partial charge on any atom is -0.461 e. The fourth-order valence-electron chi connectivity index (χ4n) is 7.31. The highest BCUT2D eigenvalue weighted by Crippen LogP contribution is 2.65. The summed E-state index contributed by atoms with van der Waals surface area (Å²) in [5.74, 6) is 1.58. The summed E-state index contributed by atoms with van der Waals surface area (Å²) in [7, 11) is 0. The topological polar surface area (TPSA) is 66.8 Å². The van der Waals surface area contributed by atoms with Gasteiger partial charge in [0.1, 0.15) is 11.9 Å². The summed E-state index contributed by atoms with van der Waals surface area (Å²) in [4.78, 5) is 28.4. The normalized spacial score (nSPS) is 42.1. The first-order valence-corrected chi connectivity index (χ1v) is 14.5. The summed E-state index contributed by atoms with van der Waals surface area (Å²) in [6, 6.07) is 0. The SMILES string of the molecule is C=CC1(C)CC(OC(=O)CSCCN(CC)CC)C2(C)CC3(CCC(=O)C(C3)C2C)C(C)C1O. The fraction of sp³-hybridized carbons (Fsp3) is 0.857. The molecular weight excluding hydrogens is 446 g/mol. The summed E-state index contributed by atoms with van der Waals surface area (Å²) in [6.07, 6.45) is 4.62. The summed E-state index contributed by atoms with van der Waals surface area (Å²) >= 11 is 1.62. The van der Waals surface area contributed by atoms with Gasteiger partial charge in [0.15, 0.2) is 0 Å². The number of Topliss-reactive ketones (excluding diaryl/α,β-unsaturated/α-hetero) is 1. The van der Waals surface area contributed by atoms with Gasteiger partial charge in [0.2, 0.25) is 0 Å². The average molecular weight is 494 g/mol. The molecule has 3 bridgehead atoms. The fourth-order valence-corrected chi connectivity index (χ4v) is 8.08. The summed E-state index contributed by atoms with van der Waals surface area (Å²) in [6.45, 7) is 20.0. The van der Waals surface area contributed by atoms with Crippen molar-refractivity contribution in [3.63, 3.8) is 0 Å². The predicted octanol–water partition coefficient (Wildman–Crippen LogP) is 4.97. The van der Waals surface area contributed by atoms with Crippen LogP contribution in [0, 0.1) is 34.0 Å². The molecule has 0 amide bonds. The Labute approximate surface area is 211 Å². The number of hydrogen-bond donors (Lipinski definition) is 1. The molecule has 0 saturated heterocycles. The molecule has 194 valence electrons. The second-order valence-electron chi connectivity index (χ2n) is 11.8. The minimum absolute atomic E-state index is 0.0140. The van der Waals surface area contributed by atoms with Crippen LogP contribution in [0.15, 0.2) is 12.7 Å². The molecule has 3 aliphatic rings. The molecule has 8 unspecified atom stereocenters. The van der Waals surface area contributed by atoms with Crippen LogP contribution in [0.3, 0.4) is 0 Å². The van der Waals surface area contributed by atoms with Crippen LogP contribution in [-0.4, -0.2) is 65.1 Å². The summed E-state index contributed by atoms with van der Waals surface area (Å²) < 4.78 is 6.28. The lowest BCUT2D eigenvalue weighted by Crippen LogP contribution is -2.62. The van der Waals surface area contributed by atoms with Crippen molar-refractivity contribution in [3.8, 4) is 0 Å². The molecule has 0 aromatic heterocycles. The van der Waals surface area contributed by atoms with E-state index in [0.717, 1.165) is 44.6 Å². The molecule has 0 aromatic carbocycles. The Morgan fingerprint density at radius 3 is 2.53 bits per heavy atom. The van der Waals surface area contributed by atoms with E-state index in [1.165, 1.54) is 0 Å². The quantitative estimate of drug-likeness (QED) is 0.278.